The predicted octanol–water partition coefficient (Wildman–Crippen LogP) is 1.78. The Labute approximate surface area is 196 Å². The highest BCUT2D eigenvalue weighted by atomic mass is 32.2. The topological polar surface area (TPSA) is 122 Å². The van der Waals surface area contributed by atoms with Gasteiger partial charge in [-0.15, -0.1) is 0 Å². The van der Waals surface area contributed by atoms with E-state index in [9.17, 15) is 22.8 Å². The third-order valence-corrected chi connectivity index (χ3v) is 7.58. The van der Waals surface area contributed by atoms with Crippen LogP contribution in [0.1, 0.15) is 34.8 Å². The van der Waals surface area contributed by atoms with Gasteiger partial charge in [0.2, 0.25) is 16.8 Å². The summed E-state index contributed by atoms with van der Waals surface area (Å²) in [5.74, 6) is 0.0640. The number of anilines is 1. The number of hydrogen-bond donors (Lipinski definition) is 1. The molecule has 3 aliphatic heterocycles. The standard InChI is InChI=1S/C23H23N3O7S/c1-23(16-6-8-19-20(11-16)33-13-32-19)21(28)25(22(29)24-23)12-18(27)15-5-7-17-14(10-15)4-3-9-26(17)34(2,30)31/h5-8,10-11H,3-4,9,12-13H2,1-2H3,(H,24,29)/t23-/m0/s1. The van der Waals surface area contributed by atoms with E-state index in [1.807, 2.05) is 0 Å². The second kappa shape index (κ2) is 7.73. The number of sulfonamides is 1. The fourth-order valence-electron chi connectivity index (χ4n) is 4.56. The first-order valence-corrected chi connectivity index (χ1v) is 12.6. The average molecular weight is 486 g/mol. The van der Waals surface area contributed by atoms with Gasteiger partial charge in [0.1, 0.15) is 5.54 Å². The summed E-state index contributed by atoms with van der Waals surface area (Å²) in [4.78, 5) is 39.8. The van der Waals surface area contributed by atoms with Crippen LogP contribution in [0.15, 0.2) is 36.4 Å². The quantitative estimate of drug-likeness (QED) is 0.506. The van der Waals surface area contributed by atoms with Gasteiger partial charge in [-0.1, -0.05) is 6.07 Å². The highest BCUT2D eigenvalue weighted by Crippen LogP contribution is 2.38. The first kappa shape index (κ1) is 22.2. The van der Waals surface area contributed by atoms with Crippen LogP contribution in [0, 0.1) is 0 Å². The van der Waals surface area contributed by atoms with E-state index in [2.05, 4.69) is 5.32 Å². The summed E-state index contributed by atoms with van der Waals surface area (Å²) in [5.41, 5.74) is 0.760. The van der Waals surface area contributed by atoms with E-state index in [1.165, 1.54) is 10.4 Å². The number of amides is 3. The fraction of sp³-hybridized carbons (Fsp3) is 0.348. The Balaban J connectivity index is 1.37. The molecular weight excluding hydrogens is 462 g/mol. The third kappa shape index (κ3) is 3.56. The zero-order valence-corrected chi connectivity index (χ0v) is 19.5. The van der Waals surface area contributed by atoms with Crippen LogP contribution in [-0.2, 0) is 26.8 Å². The number of Topliss-reactive ketones (excluding diaryl/α,β-unsaturated/α-hetero) is 1. The van der Waals surface area contributed by atoms with Crippen LogP contribution in [0.4, 0.5) is 10.5 Å². The minimum Gasteiger partial charge on any atom is -0.454 e. The number of nitrogens with one attached hydrogen (secondary N) is 1. The second-order valence-corrected chi connectivity index (χ2v) is 10.6. The van der Waals surface area contributed by atoms with Crippen molar-refractivity contribution >= 4 is 33.4 Å². The number of carbonyl (C=O) groups excluding carboxylic acids is 3. The number of ketones is 1. The van der Waals surface area contributed by atoms with Crippen molar-refractivity contribution in [1.29, 1.82) is 0 Å². The van der Waals surface area contributed by atoms with E-state index >= 15 is 0 Å². The Morgan fingerprint density at radius 3 is 2.65 bits per heavy atom. The maximum Gasteiger partial charge on any atom is 0.325 e. The molecule has 11 heteroatoms. The van der Waals surface area contributed by atoms with E-state index in [-0.39, 0.29) is 6.79 Å². The molecule has 3 heterocycles. The Kier molecular flexibility index (Phi) is 5.05. The first-order valence-electron chi connectivity index (χ1n) is 10.8. The predicted molar refractivity (Wildman–Crippen MR) is 121 cm³/mol. The van der Waals surface area contributed by atoms with Gasteiger partial charge in [0.25, 0.3) is 5.91 Å². The molecule has 1 saturated heterocycles. The van der Waals surface area contributed by atoms with Gasteiger partial charge < -0.3 is 14.8 Å². The van der Waals surface area contributed by atoms with E-state index in [1.54, 1.807) is 37.3 Å². The summed E-state index contributed by atoms with van der Waals surface area (Å²) < 4.78 is 36.1. The van der Waals surface area contributed by atoms with Gasteiger partial charge in [-0.25, -0.2) is 13.2 Å². The summed E-state index contributed by atoms with van der Waals surface area (Å²) in [6.07, 6.45) is 2.42. The van der Waals surface area contributed by atoms with Gasteiger partial charge in [0.15, 0.2) is 17.3 Å². The Hall–Kier alpha value is -3.60. The van der Waals surface area contributed by atoms with Gasteiger partial charge >= 0.3 is 6.03 Å². The molecule has 178 valence electrons. The van der Waals surface area contributed by atoms with Crippen LogP contribution < -0.4 is 19.1 Å². The van der Waals surface area contributed by atoms with E-state index < -0.39 is 39.8 Å². The summed E-state index contributed by atoms with van der Waals surface area (Å²) in [6.45, 7) is 1.62. The molecule has 0 aromatic heterocycles. The molecule has 10 nitrogen and oxygen atoms in total. The molecule has 0 saturated carbocycles. The van der Waals surface area contributed by atoms with Crippen LogP contribution in [0.2, 0.25) is 0 Å². The van der Waals surface area contributed by atoms with Gasteiger partial charge in [-0.2, -0.15) is 0 Å². The normalized spacial score (nSPS) is 21.5. The van der Waals surface area contributed by atoms with Gasteiger partial charge in [-0.05, 0) is 61.2 Å². The summed E-state index contributed by atoms with van der Waals surface area (Å²) in [5, 5.41) is 2.68. The van der Waals surface area contributed by atoms with Crippen molar-refractivity contribution in [3.8, 4) is 11.5 Å². The molecule has 3 aliphatic rings. The maximum absolute atomic E-state index is 13.2. The number of rotatable bonds is 5. The van der Waals surface area contributed by atoms with Crippen molar-refractivity contribution in [2.45, 2.75) is 25.3 Å². The van der Waals surface area contributed by atoms with E-state index in [4.69, 9.17) is 9.47 Å². The van der Waals surface area contributed by atoms with E-state index in [0.717, 1.165) is 16.7 Å². The molecule has 5 rings (SSSR count). The molecule has 0 spiro atoms. The van der Waals surface area contributed by atoms with Crippen LogP contribution >= 0.6 is 0 Å². The Bertz CT molecular complexity index is 1340. The summed E-state index contributed by atoms with van der Waals surface area (Å²) >= 11 is 0. The van der Waals surface area contributed by atoms with Gasteiger partial charge in [0.05, 0.1) is 18.5 Å². The molecule has 2 aromatic rings. The van der Waals surface area contributed by atoms with Crippen LogP contribution in [0.25, 0.3) is 0 Å². The van der Waals surface area contributed by atoms with Crippen LogP contribution in [0.5, 0.6) is 11.5 Å². The van der Waals surface area contributed by atoms with Crippen molar-refractivity contribution in [2.24, 2.45) is 0 Å². The zero-order chi connectivity index (χ0) is 24.3. The number of carbonyl (C=O) groups is 3. The SMILES string of the molecule is C[C@@]1(c2ccc3c(c2)OCO3)NC(=O)N(CC(=O)c2ccc3c(c2)CCCN3S(C)(=O)=O)C1=O. The Morgan fingerprint density at radius 1 is 1.12 bits per heavy atom. The number of hydrogen-bond acceptors (Lipinski definition) is 7. The first-order chi connectivity index (χ1) is 16.1. The highest BCUT2D eigenvalue weighted by Gasteiger charge is 2.50. The smallest absolute Gasteiger partial charge is 0.325 e. The van der Waals surface area contributed by atoms with Crippen molar-refractivity contribution in [1.82, 2.24) is 10.2 Å². The van der Waals surface area contributed by atoms with Crippen molar-refractivity contribution in [2.75, 3.05) is 30.4 Å². The number of fused-ring (bicyclic) bond motifs is 2. The number of imide groups is 1. The van der Waals surface area contributed by atoms with E-state index in [0.29, 0.717) is 47.7 Å². The van der Waals surface area contributed by atoms with Gasteiger partial charge in [0, 0.05) is 12.1 Å². The number of benzene rings is 2. The molecule has 3 amide bonds. The molecule has 34 heavy (non-hydrogen) atoms. The number of nitrogens with zero attached hydrogens (tertiary/aromatic N) is 2. The lowest BCUT2D eigenvalue weighted by atomic mass is 9.91. The fourth-order valence-corrected chi connectivity index (χ4v) is 5.56. The van der Waals surface area contributed by atoms with Crippen LogP contribution in [0.3, 0.4) is 0 Å². The number of urea groups is 1. The molecule has 0 radical (unpaired) electrons. The lowest BCUT2D eigenvalue weighted by molar-refractivity contribution is -0.130. The lowest BCUT2D eigenvalue weighted by Gasteiger charge is -2.29. The summed E-state index contributed by atoms with van der Waals surface area (Å²) in [7, 11) is -3.42. The Morgan fingerprint density at radius 2 is 1.88 bits per heavy atom. The van der Waals surface area contributed by atoms with Crippen molar-refractivity contribution in [3.05, 3.63) is 53.1 Å². The highest BCUT2D eigenvalue weighted by molar-refractivity contribution is 7.92. The third-order valence-electron chi connectivity index (χ3n) is 6.40. The lowest BCUT2D eigenvalue weighted by Crippen LogP contribution is -2.41. The van der Waals surface area contributed by atoms with Gasteiger partial charge in [-0.3, -0.25) is 18.8 Å². The molecule has 1 atom stereocenters. The summed E-state index contributed by atoms with van der Waals surface area (Å²) in [6, 6.07) is 9.09. The number of aryl methyl sites for hydroxylation is 1. The average Bonchev–Trinajstić information content (AvgIpc) is 3.35. The molecular formula is C23H23N3O7S. The maximum atomic E-state index is 13.2. The largest absolute Gasteiger partial charge is 0.454 e. The molecule has 0 unspecified atom stereocenters. The molecule has 1 N–H and O–H groups in total. The van der Waals surface area contributed by atoms with Crippen LogP contribution in [-0.4, -0.2) is 57.2 Å². The number of ether oxygens (including phenoxy) is 2. The van der Waals surface area contributed by atoms with Crippen molar-refractivity contribution in [3.63, 3.8) is 0 Å². The monoisotopic (exact) mass is 485 g/mol. The molecule has 2 aromatic carbocycles. The minimum absolute atomic E-state index is 0.0825. The molecule has 1 fully saturated rings. The molecule has 0 bridgehead atoms. The van der Waals surface area contributed by atoms with Crippen molar-refractivity contribution < 1.29 is 32.3 Å². The minimum atomic E-state index is -3.42. The molecule has 0 aliphatic carbocycles. The zero-order valence-electron chi connectivity index (χ0n) is 18.7. The second-order valence-electron chi connectivity index (χ2n) is 8.72.